The molecule has 1 amide bonds. The zero-order valence-electron chi connectivity index (χ0n) is 20.9. The van der Waals surface area contributed by atoms with E-state index in [0.717, 1.165) is 48.5 Å². The Morgan fingerprint density at radius 3 is 2.62 bits per heavy atom. The van der Waals surface area contributed by atoms with Gasteiger partial charge in [-0.2, -0.15) is 0 Å². The number of nitrogens with zero attached hydrogens (tertiary/aromatic N) is 3. The third kappa shape index (κ3) is 5.31. The maximum Gasteiger partial charge on any atom is 0.251 e. The van der Waals surface area contributed by atoms with Gasteiger partial charge in [-0.3, -0.25) is 9.78 Å². The minimum absolute atomic E-state index is 0.167. The lowest BCUT2D eigenvalue weighted by Crippen LogP contribution is -2.45. The van der Waals surface area contributed by atoms with E-state index >= 15 is 0 Å². The van der Waals surface area contributed by atoms with Crippen LogP contribution in [0.25, 0.3) is 11.5 Å². The van der Waals surface area contributed by atoms with Gasteiger partial charge in [0.15, 0.2) is 0 Å². The molecular formula is C28H30N6O3. The number of benzene rings is 2. The van der Waals surface area contributed by atoms with Crippen LogP contribution >= 0.6 is 0 Å². The molecule has 0 radical (unpaired) electrons. The number of piperidine rings is 1. The second-order valence-corrected chi connectivity index (χ2v) is 9.12. The summed E-state index contributed by atoms with van der Waals surface area (Å²) in [5, 5.41) is 18.8. The fourth-order valence-corrected chi connectivity index (χ4v) is 4.67. The summed E-state index contributed by atoms with van der Waals surface area (Å²) >= 11 is 0. The first-order valence-electron chi connectivity index (χ1n) is 12.4. The molecule has 0 saturated carbocycles. The van der Waals surface area contributed by atoms with Gasteiger partial charge in [0.1, 0.15) is 11.3 Å². The summed E-state index contributed by atoms with van der Waals surface area (Å²) in [5.41, 5.74) is 2.55. The molecule has 190 valence electrons. The normalized spacial score (nSPS) is 15.5. The van der Waals surface area contributed by atoms with Crippen LogP contribution in [-0.4, -0.2) is 41.3 Å². The lowest BCUT2D eigenvalue weighted by molar-refractivity contribution is 0.0939. The number of pyridine rings is 1. The average Bonchev–Trinajstić information content (AvgIpc) is 3.45. The Labute approximate surface area is 215 Å². The van der Waals surface area contributed by atoms with Crippen molar-refractivity contribution in [2.24, 2.45) is 0 Å². The van der Waals surface area contributed by atoms with Crippen LogP contribution in [0.1, 0.15) is 47.6 Å². The Balaban J connectivity index is 1.36. The molecule has 3 heterocycles. The van der Waals surface area contributed by atoms with Gasteiger partial charge < -0.3 is 25.1 Å². The van der Waals surface area contributed by atoms with Gasteiger partial charge in [-0.1, -0.05) is 24.3 Å². The van der Waals surface area contributed by atoms with E-state index in [1.165, 1.54) is 0 Å². The molecule has 1 atom stereocenters. The average molecular weight is 499 g/mol. The van der Waals surface area contributed by atoms with Gasteiger partial charge in [0, 0.05) is 34.8 Å². The number of carbonyl (C=O) groups is 1. The number of rotatable bonds is 8. The van der Waals surface area contributed by atoms with Crippen LogP contribution in [0.4, 0.5) is 5.69 Å². The van der Waals surface area contributed by atoms with Gasteiger partial charge >= 0.3 is 0 Å². The van der Waals surface area contributed by atoms with E-state index in [0.29, 0.717) is 17.3 Å². The zero-order valence-corrected chi connectivity index (χ0v) is 20.9. The number of aromatic nitrogens is 3. The zero-order chi connectivity index (χ0) is 25.7. The van der Waals surface area contributed by atoms with Crippen LogP contribution in [-0.2, 0) is 5.54 Å². The molecule has 0 unspecified atom stereocenters. The van der Waals surface area contributed by atoms with Crippen LogP contribution in [0, 0.1) is 0 Å². The summed E-state index contributed by atoms with van der Waals surface area (Å²) in [4.78, 5) is 17.2. The van der Waals surface area contributed by atoms with Crippen molar-refractivity contribution in [1.29, 1.82) is 0 Å². The number of methoxy groups -OCH3 is 1. The molecule has 1 fully saturated rings. The summed E-state index contributed by atoms with van der Waals surface area (Å²) in [6.07, 6.45) is 4.91. The fraction of sp³-hybridized carbons (Fsp3) is 0.286. The molecule has 37 heavy (non-hydrogen) atoms. The van der Waals surface area contributed by atoms with Crippen molar-refractivity contribution in [2.75, 3.05) is 25.5 Å². The summed E-state index contributed by atoms with van der Waals surface area (Å²) in [6.45, 7) is 3.55. The maximum atomic E-state index is 13.1. The number of amides is 1. The van der Waals surface area contributed by atoms with E-state index in [1.807, 2.05) is 61.5 Å². The SMILES string of the molecule is COc1ccccc1[C@@H](C)NC(=O)c1cccc(NC2(c3nnc(-c4ccncc4)o3)CCNCC2)c1. The van der Waals surface area contributed by atoms with E-state index in [9.17, 15) is 4.79 Å². The van der Waals surface area contributed by atoms with Crippen molar-refractivity contribution in [1.82, 2.24) is 25.8 Å². The lowest BCUT2D eigenvalue weighted by atomic mass is 9.87. The molecule has 0 spiro atoms. The molecule has 1 aliphatic rings. The molecular weight excluding hydrogens is 468 g/mol. The standard InChI is InChI=1S/C28H30N6O3/c1-19(23-8-3-4-9-24(23)36-2)31-25(35)21-6-5-7-22(18-21)32-28(12-16-30-17-13-28)27-34-33-26(37-27)20-10-14-29-15-11-20/h3-11,14-15,18-19,30,32H,12-13,16-17H2,1-2H3,(H,31,35)/t19-/m1/s1. The van der Waals surface area contributed by atoms with Crippen LogP contribution in [0.5, 0.6) is 5.75 Å². The molecule has 2 aromatic carbocycles. The molecule has 9 nitrogen and oxygen atoms in total. The molecule has 0 bridgehead atoms. The number of carbonyl (C=O) groups excluding carboxylic acids is 1. The maximum absolute atomic E-state index is 13.1. The Kier molecular flexibility index (Phi) is 7.14. The largest absolute Gasteiger partial charge is 0.496 e. The number of para-hydroxylation sites is 1. The van der Waals surface area contributed by atoms with Crippen LogP contribution in [0.15, 0.2) is 77.5 Å². The van der Waals surface area contributed by atoms with Crippen LogP contribution in [0.2, 0.25) is 0 Å². The Bertz CT molecular complexity index is 1350. The summed E-state index contributed by atoms with van der Waals surface area (Å²) in [6, 6.07) is 18.6. The highest BCUT2D eigenvalue weighted by molar-refractivity contribution is 5.95. The van der Waals surface area contributed by atoms with Gasteiger partial charge in [0.05, 0.1) is 13.2 Å². The highest BCUT2D eigenvalue weighted by Gasteiger charge is 2.39. The minimum Gasteiger partial charge on any atom is -0.496 e. The van der Waals surface area contributed by atoms with Crippen LogP contribution in [0.3, 0.4) is 0 Å². The second kappa shape index (κ2) is 10.8. The van der Waals surface area contributed by atoms with Crippen molar-refractivity contribution in [3.63, 3.8) is 0 Å². The fourth-order valence-electron chi connectivity index (χ4n) is 4.67. The van der Waals surface area contributed by atoms with E-state index in [-0.39, 0.29) is 11.9 Å². The second-order valence-electron chi connectivity index (χ2n) is 9.12. The molecule has 4 aromatic rings. The summed E-state index contributed by atoms with van der Waals surface area (Å²) < 4.78 is 11.6. The van der Waals surface area contributed by atoms with E-state index in [2.05, 4.69) is 31.1 Å². The highest BCUT2D eigenvalue weighted by atomic mass is 16.5. The molecule has 0 aliphatic carbocycles. The van der Waals surface area contributed by atoms with Gasteiger partial charge in [-0.15, -0.1) is 10.2 Å². The molecule has 2 aromatic heterocycles. The third-order valence-electron chi connectivity index (χ3n) is 6.68. The molecule has 1 saturated heterocycles. The molecule has 3 N–H and O–H groups in total. The van der Waals surface area contributed by atoms with Gasteiger partial charge in [-0.25, -0.2) is 0 Å². The first-order chi connectivity index (χ1) is 18.1. The minimum atomic E-state index is -0.552. The smallest absolute Gasteiger partial charge is 0.251 e. The Morgan fingerprint density at radius 2 is 1.84 bits per heavy atom. The van der Waals surface area contributed by atoms with Gasteiger partial charge in [-0.05, 0) is 69.3 Å². The summed E-state index contributed by atoms with van der Waals surface area (Å²) in [7, 11) is 1.63. The van der Waals surface area contributed by atoms with Crippen molar-refractivity contribution >= 4 is 11.6 Å². The predicted molar refractivity (Wildman–Crippen MR) is 140 cm³/mol. The summed E-state index contributed by atoms with van der Waals surface area (Å²) in [5.74, 6) is 1.56. The first kappa shape index (κ1) is 24.5. The van der Waals surface area contributed by atoms with E-state index in [1.54, 1.807) is 25.6 Å². The monoisotopic (exact) mass is 498 g/mol. The Morgan fingerprint density at radius 1 is 1.05 bits per heavy atom. The number of ether oxygens (including phenoxy) is 1. The number of nitrogens with one attached hydrogen (secondary N) is 3. The predicted octanol–water partition coefficient (Wildman–Crippen LogP) is 4.32. The molecule has 9 heteroatoms. The van der Waals surface area contributed by atoms with Crippen molar-refractivity contribution in [2.45, 2.75) is 31.3 Å². The van der Waals surface area contributed by atoms with Crippen LogP contribution < -0.4 is 20.7 Å². The van der Waals surface area contributed by atoms with Crippen molar-refractivity contribution < 1.29 is 13.9 Å². The Hall–Kier alpha value is -4.24. The number of anilines is 1. The van der Waals surface area contributed by atoms with Gasteiger partial charge in [0.2, 0.25) is 11.8 Å². The lowest BCUT2D eigenvalue weighted by Gasteiger charge is -2.36. The van der Waals surface area contributed by atoms with E-state index in [4.69, 9.17) is 9.15 Å². The topological polar surface area (TPSA) is 114 Å². The molecule has 1 aliphatic heterocycles. The number of hydrogen-bond donors (Lipinski definition) is 3. The first-order valence-corrected chi connectivity index (χ1v) is 12.4. The number of hydrogen-bond acceptors (Lipinski definition) is 8. The highest BCUT2D eigenvalue weighted by Crippen LogP contribution is 2.35. The van der Waals surface area contributed by atoms with Crippen molar-refractivity contribution in [3.05, 3.63) is 90.1 Å². The van der Waals surface area contributed by atoms with Gasteiger partial charge in [0.25, 0.3) is 5.91 Å². The van der Waals surface area contributed by atoms with E-state index < -0.39 is 5.54 Å². The third-order valence-corrected chi connectivity index (χ3v) is 6.68. The quantitative estimate of drug-likeness (QED) is 0.329. The van der Waals surface area contributed by atoms with Crippen molar-refractivity contribution in [3.8, 4) is 17.2 Å². The molecule has 5 rings (SSSR count).